The number of nitrogens with one attached hydrogen (secondary N) is 1. The fourth-order valence-corrected chi connectivity index (χ4v) is 3.66. The molecule has 150 valence electrons. The quantitative estimate of drug-likeness (QED) is 0.681. The van der Waals surface area contributed by atoms with Crippen molar-refractivity contribution in [1.29, 1.82) is 0 Å². The number of aryl methyl sites for hydroxylation is 3. The summed E-state index contributed by atoms with van der Waals surface area (Å²) in [4.78, 5) is 19.6. The Morgan fingerprint density at radius 1 is 1.10 bits per heavy atom. The first-order chi connectivity index (χ1) is 14.2. The van der Waals surface area contributed by atoms with Gasteiger partial charge < -0.3 is 5.32 Å². The minimum atomic E-state index is -0.186. The van der Waals surface area contributed by atoms with E-state index in [0.717, 1.165) is 49.4 Å². The molecule has 2 aromatic carbocycles. The average Bonchev–Trinajstić information content (AvgIpc) is 3.01. The predicted octanol–water partition coefficient (Wildman–Crippen LogP) is 4.81. The van der Waals surface area contributed by atoms with Gasteiger partial charge in [0.1, 0.15) is 5.82 Å². The van der Waals surface area contributed by atoms with Gasteiger partial charge in [0.2, 0.25) is 0 Å². The van der Waals surface area contributed by atoms with Crippen LogP contribution in [0.2, 0.25) is 0 Å². The summed E-state index contributed by atoms with van der Waals surface area (Å²) in [6, 6.07) is 17.4. The van der Waals surface area contributed by atoms with Crippen molar-refractivity contribution < 1.29 is 4.79 Å². The highest BCUT2D eigenvalue weighted by Crippen LogP contribution is 2.21. The summed E-state index contributed by atoms with van der Waals surface area (Å²) in [5.74, 6) is 1.72. The second kappa shape index (κ2) is 8.90. The van der Waals surface area contributed by atoms with E-state index in [-0.39, 0.29) is 6.03 Å². The number of rotatable bonds is 5. The van der Waals surface area contributed by atoms with E-state index < -0.39 is 0 Å². The summed E-state index contributed by atoms with van der Waals surface area (Å²) in [7, 11) is 0. The van der Waals surface area contributed by atoms with E-state index in [1.807, 2.05) is 47.1 Å². The lowest BCUT2D eigenvalue weighted by molar-refractivity contribution is 0.256. The molecule has 6 heteroatoms. The molecule has 3 aromatic rings. The fraction of sp³-hybridized carbons (Fsp3) is 0.348. The first-order valence-corrected chi connectivity index (χ1v) is 10.4. The number of para-hydroxylation sites is 1. The summed E-state index contributed by atoms with van der Waals surface area (Å²) in [5.41, 5.74) is 2.80. The summed E-state index contributed by atoms with van der Waals surface area (Å²) < 4.78 is 2.01. The van der Waals surface area contributed by atoms with Crippen molar-refractivity contribution in [3.05, 3.63) is 71.8 Å². The van der Waals surface area contributed by atoms with Gasteiger partial charge in [0, 0.05) is 24.3 Å². The Morgan fingerprint density at radius 2 is 1.97 bits per heavy atom. The molecule has 0 spiro atoms. The van der Waals surface area contributed by atoms with Crippen molar-refractivity contribution in [2.45, 2.75) is 52.1 Å². The lowest BCUT2D eigenvalue weighted by Crippen LogP contribution is -2.35. The van der Waals surface area contributed by atoms with Crippen molar-refractivity contribution in [3.63, 3.8) is 0 Å². The predicted molar refractivity (Wildman–Crippen MR) is 115 cm³/mol. The second-order valence-electron chi connectivity index (χ2n) is 7.38. The van der Waals surface area contributed by atoms with Gasteiger partial charge in [-0.15, -0.1) is 0 Å². The molecule has 1 aromatic heterocycles. The molecule has 0 unspecified atom stereocenters. The highest BCUT2D eigenvalue weighted by molar-refractivity contribution is 6.01. The van der Waals surface area contributed by atoms with Gasteiger partial charge in [0.25, 0.3) is 0 Å². The number of benzene rings is 2. The largest absolute Gasteiger partial charge is 0.326 e. The van der Waals surface area contributed by atoms with Crippen molar-refractivity contribution in [2.24, 2.45) is 0 Å². The lowest BCUT2D eigenvalue weighted by atomic mass is 10.1. The van der Waals surface area contributed by atoms with Gasteiger partial charge in [-0.2, -0.15) is 5.10 Å². The van der Waals surface area contributed by atoms with Crippen LogP contribution in [-0.4, -0.2) is 20.8 Å². The van der Waals surface area contributed by atoms with Gasteiger partial charge in [-0.3, -0.25) is 4.90 Å². The zero-order valence-electron chi connectivity index (χ0n) is 16.8. The molecule has 2 amide bonds. The first kappa shape index (κ1) is 19.2. The number of amides is 2. The van der Waals surface area contributed by atoms with Crippen LogP contribution in [0.15, 0.2) is 54.6 Å². The van der Waals surface area contributed by atoms with E-state index in [0.29, 0.717) is 12.4 Å². The molecule has 0 radical (unpaired) electrons. The van der Waals surface area contributed by atoms with Crippen LogP contribution in [0.4, 0.5) is 16.2 Å². The molecule has 1 aliphatic heterocycles. The summed E-state index contributed by atoms with van der Waals surface area (Å²) >= 11 is 0. The molecule has 29 heavy (non-hydrogen) atoms. The van der Waals surface area contributed by atoms with Crippen LogP contribution >= 0.6 is 0 Å². The monoisotopic (exact) mass is 389 g/mol. The minimum absolute atomic E-state index is 0.186. The number of carbonyl (C=O) groups excluding carboxylic acids is 1. The molecule has 6 nitrogen and oxygen atoms in total. The Bertz CT molecular complexity index is 943. The maximum absolute atomic E-state index is 13.2. The molecule has 0 saturated carbocycles. The summed E-state index contributed by atoms with van der Waals surface area (Å²) in [6.07, 6.45) is 5.37. The van der Waals surface area contributed by atoms with E-state index in [1.165, 1.54) is 12.0 Å². The highest BCUT2D eigenvalue weighted by Gasteiger charge is 2.21. The third-order valence-electron chi connectivity index (χ3n) is 5.26. The van der Waals surface area contributed by atoms with Gasteiger partial charge in [-0.25, -0.2) is 14.5 Å². The van der Waals surface area contributed by atoms with E-state index >= 15 is 0 Å². The van der Waals surface area contributed by atoms with Crippen LogP contribution in [0, 0.1) is 0 Å². The van der Waals surface area contributed by atoms with E-state index in [2.05, 4.69) is 24.4 Å². The van der Waals surface area contributed by atoms with E-state index in [1.54, 1.807) is 4.90 Å². The van der Waals surface area contributed by atoms with Crippen molar-refractivity contribution in [2.75, 3.05) is 10.2 Å². The van der Waals surface area contributed by atoms with Gasteiger partial charge in [-0.05, 0) is 49.1 Å². The number of hydrogen-bond donors (Lipinski definition) is 1. The number of urea groups is 1. The SMILES string of the molecule is CCc1cccc(N(Cc2nc3n(n2)CCCCC3)C(=O)Nc2ccccc2)c1. The summed E-state index contributed by atoms with van der Waals surface area (Å²) in [5, 5.41) is 7.69. The molecule has 0 atom stereocenters. The number of fused-ring (bicyclic) bond motifs is 1. The Hall–Kier alpha value is -3.15. The number of aromatic nitrogens is 3. The van der Waals surface area contributed by atoms with Crippen LogP contribution in [-0.2, 0) is 25.9 Å². The zero-order valence-corrected chi connectivity index (χ0v) is 16.8. The normalized spacial score (nSPS) is 13.4. The van der Waals surface area contributed by atoms with Crippen LogP contribution < -0.4 is 10.2 Å². The Balaban J connectivity index is 1.61. The molecule has 2 heterocycles. The number of carbonyl (C=O) groups is 1. The maximum Gasteiger partial charge on any atom is 0.326 e. The summed E-state index contributed by atoms with van der Waals surface area (Å²) in [6.45, 7) is 3.36. The number of hydrogen-bond acceptors (Lipinski definition) is 3. The Morgan fingerprint density at radius 3 is 2.79 bits per heavy atom. The van der Waals surface area contributed by atoms with Crippen LogP contribution in [0.1, 0.15) is 43.4 Å². The average molecular weight is 390 g/mol. The van der Waals surface area contributed by atoms with Crippen molar-refractivity contribution in [3.8, 4) is 0 Å². The van der Waals surface area contributed by atoms with Crippen LogP contribution in [0.3, 0.4) is 0 Å². The van der Waals surface area contributed by atoms with Gasteiger partial charge in [0.05, 0.1) is 6.54 Å². The van der Waals surface area contributed by atoms with Gasteiger partial charge in [0.15, 0.2) is 5.82 Å². The van der Waals surface area contributed by atoms with Crippen molar-refractivity contribution in [1.82, 2.24) is 14.8 Å². The molecule has 0 fully saturated rings. The molecule has 1 aliphatic rings. The van der Waals surface area contributed by atoms with Crippen molar-refractivity contribution >= 4 is 17.4 Å². The van der Waals surface area contributed by atoms with Gasteiger partial charge >= 0.3 is 6.03 Å². The lowest BCUT2D eigenvalue weighted by Gasteiger charge is -2.22. The second-order valence-corrected chi connectivity index (χ2v) is 7.38. The van der Waals surface area contributed by atoms with Gasteiger partial charge in [-0.1, -0.05) is 43.7 Å². The fourth-order valence-electron chi connectivity index (χ4n) is 3.66. The molecule has 0 aliphatic carbocycles. The van der Waals surface area contributed by atoms with Crippen LogP contribution in [0.5, 0.6) is 0 Å². The Labute approximate surface area is 171 Å². The van der Waals surface area contributed by atoms with Crippen LogP contribution in [0.25, 0.3) is 0 Å². The molecular weight excluding hydrogens is 362 g/mol. The highest BCUT2D eigenvalue weighted by atomic mass is 16.2. The minimum Gasteiger partial charge on any atom is -0.308 e. The van der Waals surface area contributed by atoms with E-state index in [4.69, 9.17) is 10.1 Å². The van der Waals surface area contributed by atoms with E-state index in [9.17, 15) is 4.79 Å². The third kappa shape index (κ3) is 4.65. The Kier molecular flexibility index (Phi) is 5.89. The number of anilines is 2. The smallest absolute Gasteiger partial charge is 0.308 e. The standard InChI is InChI=1S/C23H27N5O/c1-2-18-10-9-13-20(16-18)27(23(29)24-19-11-5-3-6-12-19)17-21-25-22-14-7-4-8-15-28(22)26-21/h3,5-6,9-13,16H,2,4,7-8,14-15,17H2,1H3,(H,24,29). The molecule has 1 N–H and O–H groups in total. The topological polar surface area (TPSA) is 63.1 Å². The first-order valence-electron chi connectivity index (χ1n) is 10.4. The third-order valence-corrected chi connectivity index (χ3v) is 5.26. The zero-order chi connectivity index (χ0) is 20.1. The number of nitrogens with zero attached hydrogens (tertiary/aromatic N) is 4. The molecular formula is C23H27N5O. The maximum atomic E-state index is 13.2. The molecule has 0 saturated heterocycles. The molecule has 4 rings (SSSR count). The molecule has 0 bridgehead atoms.